The van der Waals surface area contributed by atoms with E-state index >= 15 is 0 Å². The molecule has 0 saturated heterocycles. The summed E-state index contributed by atoms with van der Waals surface area (Å²) in [4.78, 5) is 23.8. The topological polar surface area (TPSA) is 66.4 Å². The standard InChI is InChI=1S/C22H16F3NO3/c1-13-12-15(21(28)29)8-11-19(13)26-20(27)18-5-3-2-4-17(18)14-6-9-16(10-7-14)22(23,24)25/h2-12H,1H3,(H,26,27)(H,28,29). The lowest BCUT2D eigenvalue weighted by Crippen LogP contribution is -2.14. The number of amides is 1. The molecule has 3 aromatic rings. The first kappa shape index (κ1) is 20.1. The average molecular weight is 399 g/mol. The maximum absolute atomic E-state index is 12.8. The van der Waals surface area contributed by atoms with E-state index < -0.39 is 23.6 Å². The van der Waals surface area contributed by atoms with E-state index in [2.05, 4.69) is 5.32 Å². The van der Waals surface area contributed by atoms with E-state index in [1.54, 1.807) is 31.2 Å². The molecule has 1 amide bonds. The van der Waals surface area contributed by atoms with Crippen LogP contribution in [0.3, 0.4) is 0 Å². The van der Waals surface area contributed by atoms with Gasteiger partial charge in [-0.25, -0.2) is 4.79 Å². The quantitative estimate of drug-likeness (QED) is 0.597. The minimum atomic E-state index is -4.44. The number of benzene rings is 3. The second-order valence-electron chi connectivity index (χ2n) is 6.41. The lowest BCUT2D eigenvalue weighted by Gasteiger charge is -2.13. The molecular weight excluding hydrogens is 383 g/mol. The molecule has 0 saturated carbocycles. The number of carbonyl (C=O) groups is 2. The predicted molar refractivity (Wildman–Crippen MR) is 103 cm³/mol. The summed E-state index contributed by atoms with van der Waals surface area (Å²) in [5.74, 6) is -1.52. The first-order valence-electron chi connectivity index (χ1n) is 8.59. The van der Waals surface area contributed by atoms with Crippen molar-refractivity contribution < 1.29 is 27.9 Å². The molecule has 7 heteroatoms. The predicted octanol–water partition coefficient (Wildman–Crippen LogP) is 5.63. The molecule has 0 atom stereocenters. The molecule has 148 valence electrons. The highest BCUT2D eigenvalue weighted by Gasteiger charge is 2.30. The van der Waals surface area contributed by atoms with Gasteiger partial charge in [0.25, 0.3) is 5.91 Å². The fourth-order valence-corrected chi connectivity index (χ4v) is 2.90. The van der Waals surface area contributed by atoms with Crippen LogP contribution in [0, 0.1) is 6.92 Å². The number of aromatic carboxylic acids is 1. The monoisotopic (exact) mass is 399 g/mol. The van der Waals surface area contributed by atoms with Gasteiger partial charge >= 0.3 is 12.1 Å². The molecule has 3 aromatic carbocycles. The number of nitrogens with one attached hydrogen (secondary N) is 1. The third-order valence-electron chi connectivity index (χ3n) is 4.42. The lowest BCUT2D eigenvalue weighted by molar-refractivity contribution is -0.137. The van der Waals surface area contributed by atoms with Gasteiger partial charge in [0.15, 0.2) is 0 Å². The molecule has 2 N–H and O–H groups in total. The zero-order chi connectivity index (χ0) is 21.2. The van der Waals surface area contributed by atoms with E-state index in [0.29, 0.717) is 22.4 Å². The minimum Gasteiger partial charge on any atom is -0.478 e. The zero-order valence-corrected chi connectivity index (χ0v) is 15.2. The number of rotatable bonds is 4. The number of hydrogen-bond acceptors (Lipinski definition) is 2. The summed E-state index contributed by atoms with van der Waals surface area (Å²) in [7, 11) is 0. The van der Waals surface area contributed by atoms with Gasteiger partial charge in [-0.3, -0.25) is 4.79 Å². The summed E-state index contributed by atoms with van der Waals surface area (Å²) in [6.07, 6.45) is -4.44. The van der Waals surface area contributed by atoms with Crippen LogP contribution in [0.2, 0.25) is 0 Å². The Bertz CT molecular complexity index is 1070. The SMILES string of the molecule is Cc1cc(C(=O)O)ccc1NC(=O)c1ccccc1-c1ccc(C(F)(F)F)cc1. The van der Waals surface area contributed by atoms with Gasteiger partial charge in [0.1, 0.15) is 0 Å². The van der Waals surface area contributed by atoms with Gasteiger partial charge < -0.3 is 10.4 Å². The molecule has 29 heavy (non-hydrogen) atoms. The molecule has 0 aromatic heterocycles. The maximum Gasteiger partial charge on any atom is 0.416 e. The van der Waals surface area contributed by atoms with Crippen molar-refractivity contribution in [3.63, 3.8) is 0 Å². The Kier molecular flexibility index (Phi) is 5.41. The minimum absolute atomic E-state index is 0.102. The van der Waals surface area contributed by atoms with Gasteiger partial charge in [-0.15, -0.1) is 0 Å². The largest absolute Gasteiger partial charge is 0.478 e. The Morgan fingerprint density at radius 2 is 1.59 bits per heavy atom. The number of hydrogen-bond donors (Lipinski definition) is 2. The van der Waals surface area contributed by atoms with Crippen LogP contribution in [0.15, 0.2) is 66.7 Å². The Hall–Kier alpha value is -3.61. The fourth-order valence-electron chi connectivity index (χ4n) is 2.90. The summed E-state index contributed by atoms with van der Waals surface area (Å²) < 4.78 is 38.4. The van der Waals surface area contributed by atoms with Gasteiger partial charge in [-0.2, -0.15) is 13.2 Å². The molecule has 0 aliphatic rings. The van der Waals surface area contributed by atoms with Crippen LogP contribution < -0.4 is 5.32 Å². The molecule has 3 rings (SSSR count). The van der Waals surface area contributed by atoms with Crippen molar-refractivity contribution in [1.82, 2.24) is 0 Å². The molecular formula is C22H16F3NO3. The molecule has 0 bridgehead atoms. The van der Waals surface area contributed by atoms with Crippen molar-refractivity contribution in [1.29, 1.82) is 0 Å². The zero-order valence-electron chi connectivity index (χ0n) is 15.2. The lowest BCUT2D eigenvalue weighted by atomic mass is 9.98. The normalized spacial score (nSPS) is 11.2. The third kappa shape index (κ3) is 4.45. The smallest absolute Gasteiger partial charge is 0.416 e. The van der Waals surface area contributed by atoms with E-state index in [9.17, 15) is 22.8 Å². The number of carboxylic acids is 1. The highest BCUT2D eigenvalue weighted by molar-refractivity contribution is 6.09. The van der Waals surface area contributed by atoms with Crippen LogP contribution in [-0.4, -0.2) is 17.0 Å². The van der Waals surface area contributed by atoms with Crippen LogP contribution >= 0.6 is 0 Å². The summed E-state index contributed by atoms with van der Waals surface area (Å²) in [5, 5.41) is 11.8. The van der Waals surface area contributed by atoms with Crippen molar-refractivity contribution in [3.8, 4) is 11.1 Å². The molecule has 0 aliphatic heterocycles. The van der Waals surface area contributed by atoms with Gasteiger partial charge in [0.05, 0.1) is 11.1 Å². The number of anilines is 1. The number of halogens is 3. The van der Waals surface area contributed by atoms with Crippen molar-refractivity contribution in [2.45, 2.75) is 13.1 Å². The average Bonchev–Trinajstić information content (AvgIpc) is 2.68. The van der Waals surface area contributed by atoms with Crippen molar-refractivity contribution in [3.05, 3.63) is 89.0 Å². The first-order chi connectivity index (χ1) is 13.7. The van der Waals surface area contributed by atoms with Crippen LogP contribution in [-0.2, 0) is 6.18 Å². The van der Waals surface area contributed by atoms with Crippen LogP contribution in [0.4, 0.5) is 18.9 Å². The highest BCUT2D eigenvalue weighted by Crippen LogP contribution is 2.32. The van der Waals surface area contributed by atoms with Crippen molar-refractivity contribution >= 4 is 17.6 Å². The summed E-state index contributed by atoms with van der Waals surface area (Å²) in [5.41, 5.74) is 1.60. The van der Waals surface area contributed by atoms with Crippen molar-refractivity contribution in [2.24, 2.45) is 0 Å². The van der Waals surface area contributed by atoms with Gasteiger partial charge in [0, 0.05) is 11.3 Å². The summed E-state index contributed by atoms with van der Waals surface area (Å²) >= 11 is 0. The Labute approximate surface area is 164 Å². The number of aryl methyl sites for hydroxylation is 1. The molecule has 0 radical (unpaired) electrons. The molecule has 0 heterocycles. The Morgan fingerprint density at radius 1 is 0.931 bits per heavy atom. The van der Waals surface area contributed by atoms with Crippen LogP contribution in [0.1, 0.15) is 31.8 Å². The summed E-state index contributed by atoms with van der Waals surface area (Å²) in [6.45, 7) is 1.67. The summed E-state index contributed by atoms with van der Waals surface area (Å²) in [6, 6.07) is 15.5. The van der Waals surface area contributed by atoms with E-state index in [1.807, 2.05) is 0 Å². The number of carbonyl (C=O) groups excluding carboxylic acids is 1. The van der Waals surface area contributed by atoms with Crippen LogP contribution in [0.25, 0.3) is 11.1 Å². The first-order valence-corrected chi connectivity index (χ1v) is 8.59. The van der Waals surface area contributed by atoms with Crippen LogP contribution in [0.5, 0.6) is 0 Å². The molecule has 0 fully saturated rings. The van der Waals surface area contributed by atoms with E-state index in [0.717, 1.165) is 12.1 Å². The number of carboxylic acid groups (broad SMARTS) is 1. The second kappa shape index (κ2) is 7.79. The molecule has 0 spiro atoms. The Balaban J connectivity index is 1.91. The van der Waals surface area contributed by atoms with E-state index in [-0.39, 0.29) is 11.1 Å². The van der Waals surface area contributed by atoms with Crippen molar-refractivity contribution in [2.75, 3.05) is 5.32 Å². The number of alkyl halides is 3. The van der Waals surface area contributed by atoms with Gasteiger partial charge in [-0.1, -0.05) is 30.3 Å². The van der Waals surface area contributed by atoms with E-state index in [4.69, 9.17) is 5.11 Å². The fraction of sp³-hybridized carbons (Fsp3) is 0.0909. The second-order valence-corrected chi connectivity index (χ2v) is 6.41. The Morgan fingerprint density at radius 3 is 2.17 bits per heavy atom. The molecule has 0 aliphatic carbocycles. The highest BCUT2D eigenvalue weighted by atomic mass is 19.4. The van der Waals surface area contributed by atoms with Gasteiger partial charge in [0.2, 0.25) is 0 Å². The van der Waals surface area contributed by atoms with E-state index in [1.165, 1.54) is 30.3 Å². The third-order valence-corrected chi connectivity index (χ3v) is 4.42. The van der Waals surface area contributed by atoms with Gasteiger partial charge in [-0.05, 0) is 60.0 Å². The molecule has 4 nitrogen and oxygen atoms in total. The maximum atomic E-state index is 12.8. The molecule has 0 unspecified atom stereocenters.